The fourth-order valence-electron chi connectivity index (χ4n) is 3.28. The van der Waals surface area contributed by atoms with E-state index < -0.39 is 0 Å². The van der Waals surface area contributed by atoms with Gasteiger partial charge in [-0.1, -0.05) is 24.3 Å². The van der Waals surface area contributed by atoms with Gasteiger partial charge >= 0.3 is 0 Å². The van der Waals surface area contributed by atoms with Crippen LogP contribution in [0.3, 0.4) is 0 Å². The summed E-state index contributed by atoms with van der Waals surface area (Å²) in [4.78, 5) is 13.6. The number of aromatic nitrogens is 1. The Hall–Kier alpha value is -2.07. The zero-order chi connectivity index (χ0) is 20.5. The molecule has 1 aromatic heterocycles. The number of ether oxygens (including phenoxy) is 1. The number of benzene rings is 1. The lowest BCUT2D eigenvalue weighted by Gasteiger charge is -2.33. The highest BCUT2D eigenvalue weighted by atomic mass is 127. The molecule has 3 rings (SSSR count). The molecule has 1 aliphatic heterocycles. The van der Waals surface area contributed by atoms with Crippen LogP contribution in [-0.4, -0.2) is 62.7 Å². The summed E-state index contributed by atoms with van der Waals surface area (Å²) in [5, 5.41) is 6.70. The fraction of sp³-hybridized carbons (Fsp3) is 0.455. The topological polar surface area (TPSA) is 65.0 Å². The number of anilines is 1. The smallest absolute Gasteiger partial charge is 0.191 e. The number of pyridine rings is 1. The third-order valence-electron chi connectivity index (χ3n) is 5.04. The number of halogens is 1. The van der Waals surface area contributed by atoms with E-state index in [9.17, 15) is 0 Å². The molecule has 0 amide bonds. The minimum atomic E-state index is 0. The van der Waals surface area contributed by atoms with Crippen LogP contribution in [0.5, 0.6) is 5.75 Å². The van der Waals surface area contributed by atoms with Crippen LogP contribution in [0, 0.1) is 0 Å². The molecule has 1 aromatic carbocycles. The number of hydrogen-bond acceptors (Lipinski definition) is 5. The molecule has 1 saturated heterocycles. The number of piperazine rings is 1. The second kappa shape index (κ2) is 12.6. The number of likely N-dealkylation sites (N-methyl/N-ethyl adjacent to an activating group) is 1. The molecule has 0 saturated carbocycles. The van der Waals surface area contributed by atoms with Gasteiger partial charge < -0.3 is 25.2 Å². The van der Waals surface area contributed by atoms with Crippen molar-refractivity contribution in [2.75, 3.05) is 51.8 Å². The van der Waals surface area contributed by atoms with Crippen molar-refractivity contribution >= 4 is 35.8 Å². The Bertz CT molecular complexity index is 790. The van der Waals surface area contributed by atoms with Gasteiger partial charge in [0.2, 0.25) is 0 Å². The lowest BCUT2D eigenvalue weighted by molar-refractivity contribution is 0.312. The molecule has 1 fully saturated rings. The van der Waals surface area contributed by atoms with Crippen molar-refractivity contribution in [3.63, 3.8) is 0 Å². The summed E-state index contributed by atoms with van der Waals surface area (Å²) in [5.74, 6) is 2.71. The van der Waals surface area contributed by atoms with E-state index in [0.29, 0.717) is 19.7 Å². The van der Waals surface area contributed by atoms with Crippen LogP contribution in [0.25, 0.3) is 0 Å². The van der Waals surface area contributed by atoms with Gasteiger partial charge in [0, 0.05) is 58.1 Å². The van der Waals surface area contributed by atoms with E-state index in [2.05, 4.69) is 55.7 Å². The van der Waals surface area contributed by atoms with Crippen LogP contribution < -0.4 is 20.3 Å². The maximum absolute atomic E-state index is 5.68. The largest absolute Gasteiger partial charge is 0.494 e. The second-order valence-corrected chi connectivity index (χ2v) is 7.14. The van der Waals surface area contributed by atoms with Crippen molar-refractivity contribution in [2.45, 2.75) is 20.0 Å². The molecular weight excluding hydrogens is 491 g/mol. The van der Waals surface area contributed by atoms with Crippen LogP contribution >= 0.6 is 24.0 Å². The average molecular weight is 524 g/mol. The van der Waals surface area contributed by atoms with Crippen LogP contribution in [0.4, 0.5) is 5.82 Å². The average Bonchev–Trinajstić information content (AvgIpc) is 2.76. The Morgan fingerprint density at radius 3 is 2.47 bits per heavy atom. The number of rotatable bonds is 7. The Kier molecular flexibility index (Phi) is 10.2. The molecule has 30 heavy (non-hydrogen) atoms. The lowest BCUT2D eigenvalue weighted by Crippen LogP contribution is -2.44. The fourth-order valence-corrected chi connectivity index (χ4v) is 3.28. The summed E-state index contributed by atoms with van der Waals surface area (Å²) >= 11 is 0. The number of para-hydroxylation sites is 1. The molecule has 2 N–H and O–H groups in total. The third kappa shape index (κ3) is 7.02. The summed E-state index contributed by atoms with van der Waals surface area (Å²) in [6, 6.07) is 12.3. The molecule has 0 aliphatic carbocycles. The van der Waals surface area contributed by atoms with Gasteiger partial charge in [0.15, 0.2) is 5.96 Å². The van der Waals surface area contributed by atoms with Gasteiger partial charge in [-0.15, -0.1) is 24.0 Å². The second-order valence-electron chi connectivity index (χ2n) is 7.14. The number of nitrogens with one attached hydrogen (secondary N) is 2. The Labute approximate surface area is 196 Å². The van der Waals surface area contributed by atoms with E-state index >= 15 is 0 Å². The van der Waals surface area contributed by atoms with Crippen molar-refractivity contribution in [3.05, 3.63) is 53.7 Å². The van der Waals surface area contributed by atoms with Crippen LogP contribution in [0.1, 0.15) is 18.1 Å². The molecule has 0 radical (unpaired) electrons. The number of nitrogens with zero attached hydrogens (tertiary/aromatic N) is 4. The van der Waals surface area contributed by atoms with E-state index in [-0.39, 0.29) is 24.0 Å². The molecule has 0 atom stereocenters. The van der Waals surface area contributed by atoms with Crippen molar-refractivity contribution in [2.24, 2.45) is 4.99 Å². The summed E-state index contributed by atoms with van der Waals surface area (Å²) < 4.78 is 5.68. The number of hydrogen-bond donors (Lipinski definition) is 2. The SMILES string of the molecule is CCOc1ccccc1CNC(=NC)NCc1ccc(N2CCN(C)CC2)nc1.I. The molecule has 1 aliphatic rings. The highest BCUT2D eigenvalue weighted by Gasteiger charge is 2.15. The van der Waals surface area contributed by atoms with Gasteiger partial charge in [0.05, 0.1) is 6.61 Å². The van der Waals surface area contributed by atoms with E-state index in [4.69, 9.17) is 4.74 Å². The first-order valence-electron chi connectivity index (χ1n) is 10.2. The predicted molar refractivity (Wildman–Crippen MR) is 134 cm³/mol. The number of guanidine groups is 1. The first-order valence-corrected chi connectivity index (χ1v) is 10.2. The van der Waals surface area contributed by atoms with E-state index in [1.807, 2.05) is 31.3 Å². The minimum absolute atomic E-state index is 0. The molecular formula is C22H33IN6O. The predicted octanol–water partition coefficient (Wildman–Crippen LogP) is 2.72. The Morgan fingerprint density at radius 1 is 1.07 bits per heavy atom. The quantitative estimate of drug-likeness (QED) is 0.330. The standard InChI is InChI=1S/C22H32N6O.HI/c1-4-29-20-8-6-5-7-19(20)17-26-22(23-2)25-16-18-9-10-21(24-15-18)28-13-11-27(3)12-14-28;/h5-10,15H,4,11-14,16-17H2,1-3H3,(H2,23,25,26);1H. The van der Waals surface area contributed by atoms with Crippen LogP contribution in [0.15, 0.2) is 47.6 Å². The number of aliphatic imine (C=N–C) groups is 1. The van der Waals surface area contributed by atoms with Crippen molar-refractivity contribution in [1.29, 1.82) is 0 Å². The highest BCUT2D eigenvalue weighted by Crippen LogP contribution is 2.17. The molecule has 8 heteroatoms. The summed E-state index contributed by atoms with van der Waals surface area (Å²) in [6.45, 7) is 8.19. The minimum Gasteiger partial charge on any atom is -0.494 e. The maximum Gasteiger partial charge on any atom is 0.191 e. The molecule has 0 spiro atoms. The monoisotopic (exact) mass is 524 g/mol. The molecule has 7 nitrogen and oxygen atoms in total. The van der Waals surface area contributed by atoms with Gasteiger partial charge in [0.25, 0.3) is 0 Å². The first kappa shape index (κ1) is 24.2. The van der Waals surface area contributed by atoms with Gasteiger partial charge in [-0.3, -0.25) is 4.99 Å². The maximum atomic E-state index is 5.68. The zero-order valence-corrected chi connectivity index (χ0v) is 20.4. The van der Waals surface area contributed by atoms with Crippen molar-refractivity contribution in [1.82, 2.24) is 20.5 Å². The molecule has 164 valence electrons. The van der Waals surface area contributed by atoms with Crippen LogP contribution in [-0.2, 0) is 13.1 Å². The van der Waals surface area contributed by atoms with Crippen LogP contribution in [0.2, 0.25) is 0 Å². The van der Waals surface area contributed by atoms with Gasteiger partial charge in [-0.05, 0) is 31.7 Å². The lowest BCUT2D eigenvalue weighted by atomic mass is 10.2. The first-order chi connectivity index (χ1) is 14.2. The summed E-state index contributed by atoms with van der Waals surface area (Å²) in [5.41, 5.74) is 2.23. The third-order valence-corrected chi connectivity index (χ3v) is 5.04. The van der Waals surface area contributed by atoms with E-state index in [1.165, 1.54) is 0 Å². The van der Waals surface area contributed by atoms with Gasteiger partial charge in [-0.2, -0.15) is 0 Å². The van der Waals surface area contributed by atoms with Crippen molar-refractivity contribution < 1.29 is 4.74 Å². The highest BCUT2D eigenvalue weighted by molar-refractivity contribution is 14.0. The van der Waals surface area contributed by atoms with Gasteiger partial charge in [-0.25, -0.2) is 4.98 Å². The Balaban J connectivity index is 0.00000320. The Morgan fingerprint density at radius 2 is 1.80 bits per heavy atom. The summed E-state index contributed by atoms with van der Waals surface area (Å²) in [7, 11) is 3.94. The molecule has 2 heterocycles. The summed E-state index contributed by atoms with van der Waals surface area (Å²) in [6.07, 6.45) is 1.94. The van der Waals surface area contributed by atoms with Gasteiger partial charge in [0.1, 0.15) is 11.6 Å². The van der Waals surface area contributed by atoms with Crippen molar-refractivity contribution in [3.8, 4) is 5.75 Å². The molecule has 0 bridgehead atoms. The van der Waals surface area contributed by atoms with E-state index in [1.54, 1.807) is 7.05 Å². The van der Waals surface area contributed by atoms with E-state index in [0.717, 1.165) is 54.8 Å². The molecule has 2 aromatic rings. The zero-order valence-electron chi connectivity index (χ0n) is 18.1. The molecule has 0 unspecified atom stereocenters. The normalized spacial score (nSPS) is 14.8.